The number of nitrogens with one attached hydrogen (secondary N) is 2. The number of ether oxygens (including phenoxy) is 2. The van der Waals surface area contributed by atoms with E-state index in [1.165, 1.54) is 0 Å². The first-order valence-corrected chi connectivity index (χ1v) is 8.64. The van der Waals surface area contributed by atoms with Gasteiger partial charge in [-0.1, -0.05) is 6.07 Å². The molecule has 140 valence electrons. The Hall–Kier alpha value is -2.77. The lowest BCUT2D eigenvalue weighted by atomic mass is 9.86. The van der Waals surface area contributed by atoms with Crippen molar-refractivity contribution >= 4 is 17.8 Å². The van der Waals surface area contributed by atoms with Crippen LogP contribution >= 0.6 is 0 Å². The first-order valence-electron chi connectivity index (χ1n) is 8.64. The first kappa shape index (κ1) is 18.0. The molecule has 0 spiro atoms. The predicted molar refractivity (Wildman–Crippen MR) is 90.6 cm³/mol. The van der Waals surface area contributed by atoms with Crippen LogP contribution in [0.25, 0.3) is 0 Å². The average molecular weight is 362 g/mol. The summed E-state index contributed by atoms with van der Waals surface area (Å²) in [6, 6.07) is 5.49. The number of aliphatic carboxylic acids is 1. The van der Waals surface area contributed by atoms with Crippen LogP contribution in [-0.4, -0.2) is 35.2 Å². The van der Waals surface area contributed by atoms with Gasteiger partial charge >= 0.3 is 5.97 Å². The first-order chi connectivity index (χ1) is 12.5. The summed E-state index contributed by atoms with van der Waals surface area (Å²) in [7, 11) is 0. The minimum absolute atomic E-state index is 0.0287. The Morgan fingerprint density at radius 3 is 2.69 bits per heavy atom. The Morgan fingerprint density at radius 2 is 1.96 bits per heavy atom. The highest BCUT2D eigenvalue weighted by molar-refractivity contribution is 5.80. The van der Waals surface area contributed by atoms with Crippen molar-refractivity contribution in [1.29, 1.82) is 0 Å². The summed E-state index contributed by atoms with van der Waals surface area (Å²) >= 11 is 0. The zero-order valence-electron chi connectivity index (χ0n) is 14.4. The summed E-state index contributed by atoms with van der Waals surface area (Å²) in [5, 5.41) is 14.6. The summed E-state index contributed by atoms with van der Waals surface area (Å²) in [5.41, 5.74) is 0.309. The van der Waals surface area contributed by atoms with Gasteiger partial charge in [0.2, 0.25) is 18.6 Å². The Balaban J connectivity index is 1.49. The van der Waals surface area contributed by atoms with Crippen LogP contribution in [0.2, 0.25) is 0 Å². The fraction of sp³-hybridized carbons (Fsp3) is 0.500. The quantitative estimate of drug-likeness (QED) is 0.643. The van der Waals surface area contributed by atoms with Crippen LogP contribution in [-0.2, 0) is 20.9 Å². The Bertz CT molecular complexity index is 720. The lowest BCUT2D eigenvalue weighted by Crippen LogP contribution is -2.43. The molecule has 8 nitrogen and oxygen atoms in total. The summed E-state index contributed by atoms with van der Waals surface area (Å²) < 4.78 is 10.6. The highest BCUT2D eigenvalue weighted by Gasteiger charge is 2.37. The van der Waals surface area contributed by atoms with Gasteiger partial charge in [-0.2, -0.15) is 0 Å². The van der Waals surface area contributed by atoms with Gasteiger partial charge in [0.15, 0.2) is 11.5 Å². The number of fused-ring (bicyclic) bond motifs is 1. The van der Waals surface area contributed by atoms with E-state index in [1.807, 2.05) is 12.1 Å². The molecule has 2 heterocycles. The Kier molecular flexibility index (Phi) is 5.29. The average Bonchev–Trinajstić information content (AvgIpc) is 3.23. The number of hydrogen-bond acceptors (Lipinski definition) is 5. The molecule has 3 N–H and O–H groups in total. The third-order valence-corrected chi connectivity index (χ3v) is 4.81. The molecular weight excluding hydrogens is 340 g/mol. The third kappa shape index (κ3) is 4.44. The van der Waals surface area contributed by atoms with Crippen LogP contribution in [0, 0.1) is 0 Å². The second kappa shape index (κ2) is 7.63. The summed E-state index contributed by atoms with van der Waals surface area (Å²) in [5.74, 6) is 0.225. The number of carboxylic acid groups (broad SMARTS) is 1. The molecular formula is C18H22N2O6. The van der Waals surface area contributed by atoms with Crippen molar-refractivity contribution in [2.45, 2.75) is 50.6 Å². The number of hydrogen-bond donors (Lipinski definition) is 3. The molecule has 0 saturated carbocycles. The van der Waals surface area contributed by atoms with Crippen molar-refractivity contribution in [1.82, 2.24) is 10.6 Å². The van der Waals surface area contributed by atoms with Crippen molar-refractivity contribution in [2.75, 3.05) is 6.79 Å². The van der Waals surface area contributed by atoms with E-state index in [-0.39, 0.29) is 31.4 Å². The number of rotatable bonds is 8. The summed E-state index contributed by atoms with van der Waals surface area (Å²) in [6.45, 7) is 0.569. The fourth-order valence-electron chi connectivity index (χ4n) is 3.31. The van der Waals surface area contributed by atoms with Gasteiger partial charge in [-0.05, 0) is 37.0 Å². The number of amides is 2. The molecule has 1 aromatic carbocycles. The standard InChI is InChI=1S/C18H22N2O6/c21-15(19-10-12-1-2-13-14(9-12)26-11-25-13)3-6-18(8-5-17(23)24)7-4-16(22)20-18/h1-2,9H,3-8,10-11H2,(H,19,21)(H,20,22)(H,23,24)/t18-/m0/s1. The second-order valence-corrected chi connectivity index (χ2v) is 6.69. The predicted octanol–water partition coefficient (Wildman–Crippen LogP) is 1.33. The van der Waals surface area contributed by atoms with Crippen LogP contribution in [0.5, 0.6) is 11.5 Å². The van der Waals surface area contributed by atoms with Gasteiger partial charge in [0.25, 0.3) is 0 Å². The lowest BCUT2D eigenvalue weighted by molar-refractivity contribution is -0.137. The molecule has 2 aliphatic rings. The molecule has 3 rings (SSSR count). The molecule has 2 amide bonds. The van der Waals surface area contributed by atoms with E-state index < -0.39 is 11.5 Å². The van der Waals surface area contributed by atoms with Crippen molar-refractivity contribution in [3.05, 3.63) is 23.8 Å². The van der Waals surface area contributed by atoms with Gasteiger partial charge in [-0.15, -0.1) is 0 Å². The zero-order chi connectivity index (χ0) is 18.6. The van der Waals surface area contributed by atoms with E-state index in [2.05, 4.69) is 10.6 Å². The smallest absolute Gasteiger partial charge is 0.303 e. The second-order valence-electron chi connectivity index (χ2n) is 6.69. The highest BCUT2D eigenvalue weighted by atomic mass is 16.7. The van der Waals surface area contributed by atoms with Crippen molar-refractivity contribution in [3.63, 3.8) is 0 Å². The maximum atomic E-state index is 12.2. The normalized spacial score (nSPS) is 20.7. The van der Waals surface area contributed by atoms with Gasteiger partial charge in [0, 0.05) is 31.3 Å². The van der Waals surface area contributed by atoms with E-state index in [0.717, 1.165) is 5.56 Å². The fourth-order valence-corrected chi connectivity index (χ4v) is 3.31. The van der Waals surface area contributed by atoms with E-state index in [4.69, 9.17) is 14.6 Å². The minimum Gasteiger partial charge on any atom is -0.481 e. The molecule has 1 saturated heterocycles. The number of benzene rings is 1. The molecule has 26 heavy (non-hydrogen) atoms. The third-order valence-electron chi connectivity index (χ3n) is 4.81. The van der Waals surface area contributed by atoms with Crippen molar-refractivity contribution < 1.29 is 29.0 Å². The molecule has 2 aliphatic heterocycles. The largest absolute Gasteiger partial charge is 0.481 e. The van der Waals surface area contributed by atoms with Crippen LogP contribution in [0.4, 0.5) is 0 Å². The molecule has 1 fully saturated rings. The summed E-state index contributed by atoms with van der Waals surface area (Å²) in [4.78, 5) is 34.6. The summed E-state index contributed by atoms with van der Waals surface area (Å²) in [6.07, 6.45) is 1.90. The SMILES string of the molecule is O=C(O)CC[C@]1(CCC(=O)NCc2ccc3c(c2)OCO3)CCC(=O)N1. The van der Waals surface area contributed by atoms with Crippen molar-refractivity contribution in [3.8, 4) is 11.5 Å². The van der Waals surface area contributed by atoms with E-state index in [1.54, 1.807) is 6.07 Å². The number of carboxylic acids is 1. The van der Waals surface area contributed by atoms with E-state index >= 15 is 0 Å². The lowest BCUT2D eigenvalue weighted by Gasteiger charge is -2.28. The Labute approximate surface area is 150 Å². The molecule has 8 heteroatoms. The van der Waals surface area contributed by atoms with Crippen LogP contribution in [0.1, 0.15) is 44.1 Å². The molecule has 0 aliphatic carbocycles. The molecule has 0 unspecified atom stereocenters. The highest BCUT2D eigenvalue weighted by Crippen LogP contribution is 2.32. The van der Waals surface area contributed by atoms with Crippen LogP contribution in [0.15, 0.2) is 18.2 Å². The maximum Gasteiger partial charge on any atom is 0.303 e. The van der Waals surface area contributed by atoms with Gasteiger partial charge < -0.3 is 25.2 Å². The topological polar surface area (TPSA) is 114 Å². The van der Waals surface area contributed by atoms with Crippen LogP contribution in [0.3, 0.4) is 0 Å². The van der Waals surface area contributed by atoms with Gasteiger partial charge in [0.1, 0.15) is 0 Å². The van der Waals surface area contributed by atoms with E-state index in [9.17, 15) is 14.4 Å². The molecule has 0 bridgehead atoms. The van der Waals surface area contributed by atoms with Gasteiger partial charge in [0.05, 0.1) is 0 Å². The number of carbonyl (C=O) groups excluding carboxylic acids is 2. The molecule has 1 aromatic rings. The van der Waals surface area contributed by atoms with Gasteiger partial charge in [-0.25, -0.2) is 0 Å². The molecule has 1 atom stereocenters. The number of carbonyl (C=O) groups is 3. The maximum absolute atomic E-state index is 12.2. The zero-order valence-corrected chi connectivity index (χ0v) is 14.4. The monoisotopic (exact) mass is 362 g/mol. The van der Waals surface area contributed by atoms with Crippen molar-refractivity contribution in [2.24, 2.45) is 0 Å². The molecule has 0 aromatic heterocycles. The minimum atomic E-state index is -0.905. The van der Waals surface area contributed by atoms with Gasteiger partial charge in [-0.3, -0.25) is 14.4 Å². The van der Waals surface area contributed by atoms with Crippen LogP contribution < -0.4 is 20.1 Å². The Morgan fingerprint density at radius 1 is 1.19 bits per heavy atom. The molecule has 0 radical (unpaired) electrons. The van der Waals surface area contributed by atoms with E-state index in [0.29, 0.717) is 43.7 Å².